The zero-order valence-corrected chi connectivity index (χ0v) is 18.4. The van der Waals surface area contributed by atoms with Crippen molar-refractivity contribution in [3.63, 3.8) is 0 Å². The molecule has 2 aromatic carbocycles. The Labute approximate surface area is 181 Å². The largest absolute Gasteiger partial charge is 0.327 e. The first-order chi connectivity index (χ1) is 14.5. The number of H-pyrrole nitrogens is 1. The lowest BCUT2D eigenvalue weighted by atomic mass is 9.98. The summed E-state index contributed by atoms with van der Waals surface area (Å²) in [5, 5.41) is 5.03. The fraction of sp³-hybridized carbons (Fsp3) is 0.280. The summed E-state index contributed by atoms with van der Waals surface area (Å²) < 4.78 is 0. The van der Waals surface area contributed by atoms with Crippen LogP contribution in [0.4, 0.5) is 0 Å². The molecule has 0 fully saturated rings. The molecule has 30 heavy (non-hydrogen) atoms. The van der Waals surface area contributed by atoms with Crippen molar-refractivity contribution in [2.24, 2.45) is 5.92 Å². The molecule has 154 valence electrons. The highest BCUT2D eigenvalue weighted by Gasteiger charge is 2.24. The van der Waals surface area contributed by atoms with Crippen LogP contribution in [0.15, 0.2) is 70.8 Å². The van der Waals surface area contributed by atoms with Gasteiger partial charge in [-0.15, -0.1) is 11.3 Å². The number of quaternary nitrogens is 1. The Morgan fingerprint density at radius 2 is 1.77 bits per heavy atom. The van der Waals surface area contributed by atoms with E-state index in [2.05, 4.69) is 72.9 Å². The van der Waals surface area contributed by atoms with Crippen molar-refractivity contribution in [2.45, 2.75) is 39.3 Å². The summed E-state index contributed by atoms with van der Waals surface area (Å²) in [5.41, 5.74) is 3.29. The average Bonchev–Trinajstić information content (AvgIpc) is 3.27. The van der Waals surface area contributed by atoms with Crippen LogP contribution in [0.5, 0.6) is 0 Å². The third kappa shape index (κ3) is 4.53. The van der Waals surface area contributed by atoms with Crippen LogP contribution in [0.1, 0.15) is 54.7 Å². The minimum absolute atomic E-state index is 0.00440. The SMILES string of the molecule is CC(C)Cc1ccc([C@@H]([NH2+][C@@H](C)c2nc3ccccc3c(=O)[nH]2)c2cccs2)cc1. The van der Waals surface area contributed by atoms with E-state index in [1.54, 1.807) is 11.3 Å². The first kappa shape index (κ1) is 20.5. The van der Waals surface area contributed by atoms with Crippen molar-refractivity contribution in [3.8, 4) is 0 Å². The number of nitrogens with one attached hydrogen (secondary N) is 1. The van der Waals surface area contributed by atoms with E-state index < -0.39 is 0 Å². The third-order valence-electron chi connectivity index (χ3n) is 5.38. The van der Waals surface area contributed by atoms with Crippen molar-refractivity contribution < 1.29 is 5.32 Å². The number of rotatable bonds is 7. The molecule has 4 aromatic rings. The molecule has 2 aromatic heterocycles. The highest BCUT2D eigenvalue weighted by Crippen LogP contribution is 2.25. The molecule has 0 aliphatic carbocycles. The van der Waals surface area contributed by atoms with E-state index >= 15 is 0 Å². The van der Waals surface area contributed by atoms with Gasteiger partial charge in [-0.1, -0.05) is 56.3 Å². The fourth-order valence-corrected chi connectivity index (χ4v) is 4.70. The van der Waals surface area contributed by atoms with Gasteiger partial charge in [0.1, 0.15) is 12.1 Å². The molecule has 0 saturated carbocycles. The third-order valence-corrected chi connectivity index (χ3v) is 6.33. The van der Waals surface area contributed by atoms with E-state index in [1.165, 1.54) is 16.0 Å². The summed E-state index contributed by atoms with van der Waals surface area (Å²) >= 11 is 1.76. The maximum Gasteiger partial charge on any atom is 0.258 e. The van der Waals surface area contributed by atoms with Gasteiger partial charge in [0.2, 0.25) is 0 Å². The van der Waals surface area contributed by atoms with Crippen LogP contribution >= 0.6 is 11.3 Å². The standard InChI is InChI=1S/C25H27N3OS/c1-16(2)15-18-10-12-19(13-11-18)23(22-9-6-14-30-22)26-17(3)24-27-21-8-5-4-7-20(21)25(29)28-24/h4-14,16-17,23,26H,15H2,1-3H3,(H,27,28,29)/p+1/t17-,23+/m0/s1. The van der Waals surface area contributed by atoms with E-state index in [0.717, 1.165) is 11.9 Å². The fourth-order valence-electron chi connectivity index (χ4n) is 3.87. The number of aromatic nitrogens is 2. The second kappa shape index (κ2) is 8.94. The van der Waals surface area contributed by atoms with Gasteiger partial charge in [-0.25, -0.2) is 4.98 Å². The lowest BCUT2D eigenvalue weighted by molar-refractivity contribution is -0.723. The number of hydrogen-bond donors (Lipinski definition) is 2. The molecule has 0 aliphatic heterocycles. The molecule has 0 amide bonds. The Morgan fingerprint density at radius 3 is 2.47 bits per heavy atom. The van der Waals surface area contributed by atoms with Crippen molar-refractivity contribution >= 4 is 22.2 Å². The summed E-state index contributed by atoms with van der Waals surface area (Å²) in [6.07, 6.45) is 1.09. The number of fused-ring (bicyclic) bond motifs is 1. The van der Waals surface area contributed by atoms with Gasteiger partial charge in [-0.2, -0.15) is 0 Å². The van der Waals surface area contributed by atoms with E-state index in [-0.39, 0.29) is 17.6 Å². The zero-order valence-electron chi connectivity index (χ0n) is 17.6. The predicted molar refractivity (Wildman–Crippen MR) is 124 cm³/mol. The summed E-state index contributed by atoms with van der Waals surface area (Å²) in [6.45, 7) is 6.59. The normalized spacial score (nSPS) is 13.6. The van der Waals surface area contributed by atoms with Crippen LogP contribution in [0.3, 0.4) is 0 Å². The Bertz CT molecular complexity index is 1160. The minimum atomic E-state index is -0.0819. The van der Waals surface area contributed by atoms with Crippen LogP contribution in [-0.2, 0) is 6.42 Å². The first-order valence-corrected chi connectivity index (χ1v) is 11.4. The van der Waals surface area contributed by atoms with Gasteiger partial charge in [0.25, 0.3) is 5.56 Å². The Balaban J connectivity index is 1.63. The molecule has 2 atom stereocenters. The van der Waals surface area contributed by atoms with Crippen LogP contribution in [0, 0.1) is 5.92 Å². The lowest BCUT2D eigenvalue weighted by Crippen LogP contribution is -2.86. The van der Waals surface area contributed by atoms with Gasteiger partial charge in [0.05, 0.1) is 15.8 Å². The molecule has 2 heterocycles. The highest BCUT2D eigenvalue weighted by atomic mass is 32.1. The Morgan fingerprint density at radius 1 is 1.00 bits per heavy atom. The zero-order chi connectivity index (χ0) is 21.1. The molecule has 3 N–H and O–H groups in total. The van der Waals surface area contributed by atoms with E-state index in [9.17, 15) is 4.79 Å². The molecule has 0 aliphatic rings. The molecular weight excluding hydrogens is 390 g/mol. The number of nitrogens with zero attached hydrogens (tertiary/aromatic N) is 1. The molecule has 0 saturated heterocycles. The van der Waals surface area contributed by atoms with E-state index in [4.69, 9.17) is 4.98 Å². The molecule has 4 rings (SSSR count). The van der Waals surface area contributed by atoms with Crippen molar-refractivity contribution in [3.05, 3.63) is 98.2 Å². The van der Waals surface area contributed by atoms with Gasteiger partial charge < -0.3 is 10.3 Å². The number of thiophene rings is 1. The average molecular weight is 419 g/mol. The van der Waals surface area contributed by atoms with Gasteiger partial charge >= 0.3 is 0 Å². The Kier molecular flexibility index (Phi) is 6.11. The Hall–Kier alpha value is -2.76. The molecule has 5 heteroatoms. The maximum atomic E-state index is 12.5. The van der Waals surface area contributed by atoms with Gasteiger partial charge in [0, 0.05) is 5.56 Å². The summed E-state index contributed by atoms with van der Waals surface area (Å²) in [6, 6.07) is 20.9. The predicted octanol–water partition coefficient (Wildman–Crippen LogP) is 4.60. The van der Waals surface area contributed by atoms with Crippen molar-refractivity contribution in [1.82, 2.24) is 9.97 Å². The summed E-state index contributed by atoms with van der Waals surface area (Å²) in [5.74, 6) is 1.35. The topological polar surface area (TPSA) is 62.4 Å². The lowest BCUT2D eigenvalue weighted by Gasteiger charge is -2.20. The van der Waals surface area contributed by atoms with Crippen molar-refractivity contribution in [1.29, 1.82) is 0 Å². The van der Waals surface area contributed by atoms with Gasteiger partial charge in [0.15, 0.2) is 5.82 Å². The molecule has 0 unspecified atom stereocenters. The monoisotopic (exact) mass is 418 g/mol. The van der Waals surface area contributed by atoms with Crippen LogP contribution in [-0.4, -0.2) is 9.97 Å². The molecule has 4 nitrogen and oxygen atoms in total. The number of para-hydroxylation sites is 1. The number of benzene rings is 2. The second-order valence-corrected chi connectivity index (χ2v) is 9.26. The van der Waals surface area contributed by atoms with Crippen LogP contribution in [0.2, 0.25) is 0 Å². The summed E-state index contributed by atoms with van der Waals surface area (Å²) in [7, 11) is 0. The smallest absolute Gasteiger partial charge is 0.258 e. The van der Waals surface area contributed by atoms with E-state index in [0.29, 0.717) is 17.1 Å². The first-order valence-electron chi connectivity index (χ1n) is 10.5. The van der Waals surface area contributed by atoms with Crippen LogP contribution < -0.4 is 10.9 Å². The van der Waals surface area contributed by atoms with Crippen molar-refractivity contribution in [2.75, 3.05) is 0 Å². The highest BCUT2D eigenvalue weighted by molar-refractivity contribution is 7.10. The summed E-state index contributed by atoms with van der Waals surface area (Å²) in [4.78, 5) is 21.5. The molecule has 0 spiro atoms. The molecular formula is C25H28N3OS+. The second-order valence-electron chi connectivity index (χ2n) is 8.28. The van der Waals surface area contributed by atoms with Gasteiger partial charge in [-0.3, -0.25) is 4.79 Å². The van der Waals surface area contributed by atoms with Gasteiger partial charge in [-0.05, 0) is 48.4 Å². The number of nitrogens with two attached hydrogens (primary N) is 1. The molecule has 0 radical (unpaired) electrons. The van der Waals surface area contributed by atoms with Crippen LogP contribution in [0.25, 0.3) is 10.9 Å². The molecule has 0 bridgehead atoms. The quantitative estimate of drug-likeness (QED) is 0.461. The number of aromatic amines is 1. The minimum Gasteiger partial charge on any atom is -0.327 e. The maximum absolute atomic E-state index is 12.5. The number of hydrogen-bond acceptors (Lipinski definition) is 3. The van der Waals surface area contributed by atoms with E-state index in [1.807, 2.05) is 24.3 Å².